The standard InChI is InChI=1S/C26H25N3O6/c1-15(28-29-26(31)18-10-9-16(32-2)12-22(18)33-3)11-25(30)27-20-14-23-19(13-24(20)34-4)17-7-5-6-8-21(17)35-23/h5-10,12-14H,11H2,1-4H3,(H,27,30)(H,29,31)/b28-15+. The number of para-hydroxylation sites is 1. The molecule has 0 fully saturated rings. The lowest BCUT2D eigenvalue weighted by Crippen LogP contribution is -2.22. The number of hydrogen-bond acceptors (Lipinski definition) is 7. The maximum absolute atomic E-state index is 12.7. The first-order chi connectivity index (χ1) is 16.9. The normalized spacial score (nSPS) is 11.4. The molecule has 0 saturated heterocycles. The summed E-state index contributed by atoms with van der Waals surface area (Å²) in [6, 6.07) is 16.1. The molecule has 0 saturated carbocycles. The van der Waals surface area contributed by atoms with E-state index >= 15 is 0 Å². The van der Waals surface area contributed by atoms with Gasteiger partial charge in [-0.1, -0.05) is 18.2 Å². The molecule has 9 heteroatoms. The van der Waals surface area contributed by atoms with Crippen molar-refractivity contribution in [2.24, 2.45) is 5.10 Å². The topological polar surface area (TPSA) is 111 Å². The van der Waals surface area contributed by atoms with Crippen molar-refractivity contribution in [2.75, 3.05) is 26.6 Å². The molecule has 0 aliphatic heterocycles. The summed E-state index contributed by atoms with van der Waals surface area (Å²) in [5.41, 5.74) is 5.01. The largest absolute Gasteiger partial charge is 0.497 e. The summed E-state index contributed by atoms with van der Waals surface area (Å²) in [6.07, 6.45) is -0.0403. The Kier molecular flexibility index (Phi) is 6.86. The molecule has 4 aromatic rings. The van der Waals surface area contributed by atoms with Crippen LogP contribution in [0.25, 0.3) is 21.9 Å². The monoisotopic (exact) mass is 475 g/mol. The van der Waals surface area contributed by atoms with Crippen molar-refractivity contribution in [3.63, 3.8) is 0 Å². The van der Waals surface area contributed by atoms with Crippen LogP contribution in [0.3, 0.4) is 0 Å². The highest BCUT2D eigenvalue weighted by Crippen LogP contribution is 2.36. The molecule has 1 aromatic heterocycles. The van der Waals surface area contributed by atoms with E-state index in [1.165, 1.54) is 21.3 Å². The maximum atomic E-state index is 12.7. The number of methoxy groups -OCH3 is 3. The van der Waals surface area contributed by atoms with Crippen molar-refractivity contribution in [2.45, 2.75) is 13.3 Å². The number of benzene rings is 3. The SMILES string of the molecule is COc1ccc(C(=O)N/N=C(\C)CC(=O)Nc2cc3oc4ccccc4c3cc2OC)c(OC)c1. The third kappa shape index (κ3) is 5.03. The van der Waals surface area contributed by atoms with E-state index < -0.39 is 5.91 Å². The van der Waals surface area contributed by atoms with Crippen molar-refractivity contribution in [3.05, 3.63) is 60.2 Å². The van der Waals surface area contributed by atoms with Gasteiger partial charge in [-0.05, 0) is 31.2 Å². The molecule has 1 heterocycles. The Morgan fingerprint density at radius 1 is 0.886 bits per heavy atom. The van der Waals surface area contributed by atoms with Crippen molar-refractivity contribution in [1.29, 1.82) is 0 Å². The highest BCUT2D eigenvalue weighted by atomic mass is 16.5. The number of anilines is 1. The van der Waals surface area contributed by atoms with E-state index in [2.05, 4.69) is 15.8 Å². The summed E-state index contributed by atoms with van der Waals surface area (Å²) < 4.78 is 21.8. The number of hydrazone groups is 1. The van der Waals surface area contributed by atoms with Gasteiger partial charge in [0.1, 0.15) is 28.4 Å². The predicted molar refractivity (Wildman–Crippen MR) is 134 cm³/mol. The number of amides is 2. The number of nitrogens with one attached hydrogen (secondary N) is 2. The Balaban J connectivity index is 1.45. The number of ether oxygens (including phenoxy) is 3. The van der Waals surface area contributed by atoms with Gasteiger partial charge in [0.2, 0.25) is 5.91 Å². The molecule has 2 N–H and O–H groups in total. The molecule has 0 aliphatic rings. The van der Waals surface area contributed by atoms with Gasteiger partial charge < -0.3 is 23.9 Å². The van der Waals surface area contributed by atoms with Crippen molar-refractivity contribution in [1.82, 2.24) is 5.43 Å². The van der Waals surface area contributed by atoms with E-state index in [0.717, 1.165) is 16.4 Å². The Bertz CT molecular complexity index is 1440. The van der Waals surface area contributed by atoms with Crippen LogP contribution < -0.4 is 25.0 Å². The zero-order chi connectivity index (χ0) is 24.9. The highest BCUT2D eigenvalue weighted by Gasteiger charge is 2.16. The fourth-order valence-electron chi connectivity index (χ4n) is 3.68. The van der Waals surface area contributed by atoms with E-state index in [1.807, 2.05) is 30.3 Å². The Morgan fingerprint density at radius 3 is 2.40 bits per heavy atom. The molecular weight excluding hydrogens is 450 g/mol. The van der Waals surface area contributed by atoms with Crippen LogP contribution in [0.5, 0.6) is 17.2 Å². The minimum atomic E-state index is -0.471. The van der Waals surface area contributed by atoms with E-state index in [-0.39, 0.29) is 17.9 Å². The first-order valence-electron chi connectivity index (χ1n) is 10.8. The van der Waals surface area contributed by atoms with Crippen LogP contribution >= 0.6 is 0 Å². The van der Waals surface area contributed by atoms with Crippen LogP contribution in [0.1, 0.15) is 23.7 Å². The van der Waals surface area contributed by atoms with Gasteiger partial charge in [0.05, 0.1) is 39.0 Å². The lowest BCUT2D eigenvalue weighted by Gasteiger charge is -2.11. The van der Waals surface area contributed by atoms with Crippen LogP contribution in [0, 0.1) is 0 Å². The fraction of sp³-hybridized carbons (Fsp3) is 0.192. The summed E-state index contributed by atoms with van der Waals surface area (Å²) in [5, 5.41) is 8.73. The van der Waals surface area contributed by atoms with Gasteiger partial charge in [-0.15, -0.1) is 0 Å². The first-order valence-corrected chi connectivity index (χ1v) is 10.8. The van der Waals surface area contributed by atoms with E-state index in [1.54, 1.807) is 31.2 Å². The smallest absolute Gasteiger partial charge is 0.275 e. The van der Waals surface area contributed by atoms with Gasteiger partial charge in [-0.25, -0.2) is 5.43 Å². The maximum Gasteiger partial charge on any atom is 0.275 e. The zero-order valence-corrected chi connectivity index (χ0v) is 19.8. The van der Waals surface area contributed by atoms with Gasteiger partial charge in [-0.2, -0.15) is 5.10 Å². The molecule has 0 radical (unpaired) electrons. The Hall–Kier alpha value is -4.53. The summed E-state index contributed by atoms with van der Waals surface area (Å²) in [4.78, 5) is 25.2. The average Bonchev–Trinajstić information content (AvgIpc) is 3.23. The number of furan rings is 1. The Morgan fingerprint density at radius 2 is 1.66 bits per heavy atom. The van der Waals surface area contributed by atoms with Crippen molar-refractivity contribution >= 4 is 45.2 Å². The second-order valence-corrected chi connectivity index (χ2v) is 7.73. The molecular formula is C26H25N3O6. The van der Waals surface area contributed by atoms with Gasteiger partial charge in [0, 0.05) is 28.6 Å². The van der Waals surface area contributed by atoms with Gasteiger partial charge in [-0.3, -0.25) is 9.59 Å². The molecule has 4 rings (SSSR count). The van der Waals surface area contributed by atoms with Crippen LogP contribution in [0.4, 0.5) is 5.69 Å². The van der Waals surface area contributed by atoms with Crippen molar-refractivity contribution in [3.8, 4) is 17.2 Å². The molecule has 180 valence electrons. The molecule has 2 amide bonds. The molecule has 0 bridgehead atoms. The van der Waals surface area contributed by atoms with Crippen LogP contribution in [0.15, 0.2) is 64.1 Å². The molecule has 0 spiro atoms. The average molecular weight is 476 g/mol. The minimum Gasteiger partial charge on any atom is -0.497 e. The van der Waals surface area contributed by atoms with Crippen molar-refractivity contribution < 1.29 is 28.2 Å². The summed E-state index contributed by atoms with van der Waals surface area (Å²) >= 11 is 0. The van der Waals surface area contributed by atoms with Gasteiger partial charge in [0.25, 0.3) is 5.91 Å². The molecule has 0 atom stereocenters. The van der Waals surface area contributed by atoms with E-state index in [0.29, 0.717) is 34.2 Å². The number of nitrogens with zero attached hydrogens (tertiary/aromatic N) is 1. The molecule has 3 aromatic carbocycles. The first kappa shape index (κ1) is 23.6. The molecule has 9 nitrogen and oxygen atoms in total. The predicted octanol–water partition coefficient (Wildman–Crippen LogP) is 4.75. The Labute approximate surface area is 201 Å². The lowest BCUT2D eigenvalue weighted by molar-refractivity contribution is -0.115. The lowest BCUT2D eigenvalue weighted by atomic mass is 10.1. The number of carbonyl (C=O) groups excluding carboxylic acids is 2. The third-order valence-corrected chi connectivity index (χ3v) is 5.39. The highest BCUT2D eigenvalue weighted by molar-refractivity contribution is 6.10. The van der Waals surface area contributed by atoms with Gasteiger partial charge >= 0.3 is 0 Å². The van der Waals surface area contributed by atoms with Crippen LogP contribution in [-0.2, 0) is 4.79 Å². The van der Waals surface area contributed by atoms with Crippen LogP contribution in [-0.4, -0.2) is 38.9 Å². The quantitative estimate of drug-likeness (QED) is 0.281. The summed E-state index contributed by atoms with van der Waals surface area (Å²) in [6.45, 7) is 1.64. The fourth-order valence-corrected chi connectivity index (χ4v) is 3.68. The third-order valence-electron chi connectivity index (χ3n) is 5.39. The van der Waals surface area contributed by atoms with E-state index in [9.17, 15) is 9.59 Å². The zero-order valence-electron chi connectivity index (χ0n) is 19.8. The second-order valence-electron chi connectivity index (χ2n) is 7.73. The van der Waals surface area contributed by atoms with E-state index in [4.69, 9.17) is 18.6 Å². The number of hydrogen-bond donors (Lipinski definition) is 2. The summed E-state index contributed by atoms with van der Waals surface area (Å²) in [5.74, 6) is 0.621. The molecule has 35 heavy (non-hydrogen) atoms. The summed E-state index contributed by atoms with van der Waals surface area (Å²) in [7, 11) is 4.52. The number of rotatable bonds is 8. The van der Waals surface area contributed by atoms with Gasteiger partial charge in [0.15, 0.2) is 0 Å². The second kappa shape index (κ2) is 10.2. The molecule has 0 unspecified atom stereocenters. The van der Waals surface area contributed by atoms with Crippen LogP contribution in [0.2, 0.25) is 0 Å². The number of carbonyl (C=O) groups is 2. The minimum absolute atomic E-state index is 0.0403. The number of fused-ring (bicyclic) bond motifs is 3. The molecule has 0 aliphatic carbocycles.